The first-order valence-electron chi connectivity index (χ1n) is 11.0. The van der Waals surface area contributed by atoms with Crippen molar-refractivity contribution in [1.29, 1.82) is 0 Å². The smallest absolute Gasteiger partial charge is 0.243 e. The summed E-state index contributed by atoms with van der Waals surface area (Å²) in [4.78, 5) is 13.0. The maximum atomic E-state index is 12.7. The number of amides is 1. The predicted molar refractivity (Wildman–Crippen MR) is 119 cm³/mol. The fraction of sp³-hybridized carbons (Fsp3) is 0.571. The molecule has 1 N–H and O–H groups in total. The number of thioether (sulfide) groups is 1. The second-order valence-corrected chi connectivity index (χ2v) is 11.8. The molecule has 1 aliphatic heterocycles. The molecule has 31 heavy (non-hydrogen) atoms. The number of carbonyl (C=O) groups is 1. The van der Waals surface area contributed by atoms with Gasteiger partial charge in [-0.15, -0.1) is 10.2 Å². The topological polar surface area (TPSA) is 97.2 Å². The SMILES string of the molecule is CC(Sc1nnc(C2CC2)n1C1CC1)C(=O)Nc1ccc(S(=O)(=O)N2CCCC2)cc1. The molecule has 2 aromatic rings. The first kappa shape index (κ1) is 21.0. The van der Waals surface area contributed by atoms with Crippen LogP contribution in [0.15, 0.2) is 34.3 Å². The number of nitrogens with zero attached hydrogens (tertiary/aromatic N) is 4. The first-order valence-corrected chi connectivity index (χ1v) is 13.3. The Kier molecular flexibility index (Phi) is 5.56. The van der Waals surface area contributed by atoms with Gasteiger partial charge in [0, 0.05) is 30.7 Å². The molecule has 2 saturated carbocycles. The van der Waals surface area contributed by atoms with Crippen molar-refractivity contribution < 1.29 is 13.2 Å². The summed E-state index contributed by atoms with van der Waals surface area (Å²) in [7, 11) is -3.45. The van der Waals surface area contributed by atoms with Crippen molar-refractivity contribution in [2.24, 2.45) is 0 Å². The normalized spacial score (nSPS) is 20.7. The standard InChI is InChI=1S/C21H27N5O3S2/c1-14(30-21-24-23-19(15-4-5-15)26(21)17-8-9-17)20(27)22-16-6-10-18(11-7-16)31(28,29)25-12-2-3-13-25/h6-7,10-11,14-15,17H,2-5,8-9,12-13H2,1H3,(H,22,27). The van der Waals surface area contributed by atoms with Gasteiger partial charge in [-0.2, -0.15) is 4.31 Å². The van der Waals surface area contributed by atoms with Crippen LogP contribution < -0.4 is 5.32 Å². The lowest BCUT2D eigenvalue weighted by molar-refractivity contribution is -0.115. The number of aromatic nitrogens is 3. The maximum Gasteiger partial charge on any atom is 0.243 e. The highest BCUT2D eigenvalue weighted by atomic mass is 32.2. The molecule has 2 heterocycles. The molecule has 1 atom stereocenters. The molecule has 3 aliphatic rings. The van der Waals surface area contributed by atoms with Crippen LogP contribution in [0.5, 0.6) is 0 Å². The van der Waals surface area contributed by atoms with E-state index in [1.54, 1.807) is 24.3 Å². The van der Waals surface area contributed by atoms with E-state index in [2.05, 4.69) is 20.1 Å². The van der Waals surface area contributed by atoms with Gasteiger partial charge in [0.25, 0.3) is 0 Å². The molecule has 3 fully saturated rings. The van der Waals surface area contributed by atoms with Gasteiger partial charge in [0.05, 0.1) is 10.1 Å². The number of sulfonamides is 1. The summed E-state index contributed by atoms with van der Waals surface area (Å²) in [6.07, 6.45) is 6.46. The van der Waals surface area contributed by atoms with E-state index in [-0.39, 0.29) is 16.1 Å². The van der Waals surface area contributed by atoms with Crippen molar-refractivity contribution >= 4 is 33.4 Å². The lowest BCUT2D eigenvalue weighted by atomic mass is 10.3. The Bertz CT molecular complexity index is 1070. The Morgan fingerprint density at radius 3 is 2.39 bits per heavy atom. The zero-order chi connectivity index (χ0) is 21.6. The van der Waals surface area contributed by atoms with Gasteiger partial charge in [0.2, 0.25) is 15.9 Å². The summed E-state index contributed by atoms with van der Waals surface area (Å²) >= 11 is 1.43. The van der Waals surface area contributed by atoms with E-state index in [0.29, 0.717) is 30.7 Å². The van der Waals surface area contributed by atoms with Crippen LogP contribution in [0.25, 0.3) is 0 Å². The minimum Gasteiger partial charge on any atom is -0.325 e. The highest BCUT2D eigenvalue weighted by Crippen LogP contribution is 2.46. The summed E-state index contributed by atoms with van der Waals surface area (Å²) < 4.78 is 29.1. The van der Waals surface area contributed by atoms with E-state index < -0.39 is 10.0 Å². The molecule has 10 heteroatoms. The van der Waals surface area contributed by atoms with Crippen LogP contribution in [0.4, 0.5) is 5.69 Å². The Hall–Kier alpha value is -1.91. The van der Waals surface area contributed by atoms with Crippen LogP contribution in [-0.4, -0.2) is 51.7 Å². The van der Waals surface area contributed by atoms with Crippen LogP contribution in [0.2, 0.25) is 0 Å². The number of hydrogen-bond donors (Lipinski definition) is 1. The summed E-state index contributed by atoms with van der Waals surface area (Å²) in [5, 5.41) is 12.1. The Morgan fingerprint density at radius 1 is 1.10 bits per heavy atom. The lowest BCUT2D eigenvalue weighted by Gasteiger charge is -2.16. The minimum atomic E-state index is -3.45. The molecule has 1 saturated heterocycles. The van der Waals surface area contributed by atoms with Crippen molar-refractivity contribution in [2.45, 2.75) is 72.7 Å². The molecule has 0 radical (unpaired) electrons. The van der Waals surface area contributed by atoms with Gasteiger partial charge >= 0.3 is 0 Å². The third-order valence-corrected chi connectivity index (χ3v) is 8.99. The summed E-state index contributed by atoms with van der Waals surface area (Å²) in [5.41, 5.74) is 0.583. The fourth-order valence-electron chi connectivity index (χ4n) is 3.91. The Labute approximate surface area is 186 Å². The van der Waals surface area contributed by atoms with Crippen molar-refractivity contribution in [2.75, 3.05) is 18.4 Å². The maximum absolute atomic E-state index is 12.7. The lowest BCUT2D eigenvalue weighted by Crippen LogP contribution is -2.27. The number of carbonyl (C=O) groups excluding carboxylic acids is 1. The molecular weight excluding hydrogens is 434 g/mol. The largest absolute Gasteiger partial charge is 0.325 e. The minimum absolute atomic E-state index is 0.140. The number of benzene rings is 1. The molecule has 5 rings (SSSR count). The average Bonchev–Trinajstić information content (AvgIpc) is 3.68. The number of rotatable bonds is 8. The highest BCUT2D eigenvalue weighted by Gasteiger charge is 2.37. The van der Waals surface area contributed by atoms with Gasteiger partial charge in [-0.1, -0.05) is 11.8 Å². The molecule has 2 aliphatic carbocycles. The predicted octanol–water partition coefficient (Wildman–Crippen LogP) is 3.39. The van der Waals surface area contributed by atoms with Crippen molar-refractivity contribution in [1.82, 2.24) is 19.1 Å². The van der Waals surface area contributed by atoms with Crippen LogP contribution in [0.3, 0.4) is 0 Å². The molecular formula is C21H27N5O3S2. The van der Waals surface area contributed by atoms with Gasteiger partial charge < -0.3 is 9.88 Å². The summed E-state index contributed by atoms with van der Waals surface area (Å²) in [6, 6.07) is 6.90. The van der Waals surface area contributed by atoms with Crippen molar-refractivity contribution in [3.05, 3.63) is 30.1 Å². The molecule has 8 nitrogen and oxygen atoms in total. The molecule has 1 amide bonds. The zero-order valence-electron chi connectivity index (χ0n) is 17.5. The zero-order valence-corrected chi connectivity index (χ0v) is 19.2. The van der Waals surface area contributed by atoms with E-state index in [1.807, 2.05) is 6.92 Å². The Balaban J connectivity index is 1.23. The van der Waals surface area contributed by atoms with Crippen LogP contribution in [0.1, 0.15) is 63.2 Å². The van der Waals surface area contributed by atoms with E-state index >= 15 is 0 Å². The van der Waals surface area contributed by atoms with E-state index in [9.17, 15) is 13.2 Å². The van der Waals surface area contributed by atoms with Crippen LogP contribution in [-0.2, 0) is 14.8 Å². The summed E-state index contributed by atoms with van der Waals surface area (Å²) in [5.74, 6) is 1.47. The number of anilines is 1. The van der Waals surface area contributed by atoms with Gasteiger partial charge in [0.15, 0.2) is 5.16 Å². The van der Waals surface area contributed by atoms with Crippen LogP contribution in [0, 0.1) is 0 Å². The monoisotopic (exact) mass is 461 g/mol. The summed E-state index contributed by atoms with van der Waals surface area (Å²) in [6.45, 7) is 3.00. The van der Waals surface area contributed by atoms with E-state index in [0.717, 1.165) is 36.7 Å². The molecule has 1 aromatic heterocycles. The highest BCUT2D eigenvalue weighted by molar-refractivity contribution is 8.00. The van der Waals surface area contributed by atoms with E-state index in [4.69, 9.17) is 0 Å². The molecule has 0 spiro atoms. The van der Waals surface area contributed by atoms with Crippen molar-refractivity contribution in [3.8, 4) is 0 Å². The molecule has 166 valence electrons. The quantitative estimate of drug-likeness (QED) is 0.605. The third-order valence-electron chi connectivity index (χ3n) is 6.02. The average molecular weight is 462 g/mol. The molecule has 0 bridgehead atoms. The second-order valence-electron chi connectivity index (χ2n) is 8.60. The second kappa shape index (κ2) is 8.22. The van der Waals surface area contributed by atoms with Crippen LogP contribution >= 0.6 is 11.8 Å². The molecule has 1 unspecified atom stereocenters. The van der Waals surface area contributed by atoms with Crippen molar-refractivity contribution in [3.63, 3.8) is 0 Å². The first-order chi connectivity index (χ1) is 14.9. The van der Waals surface area contributed by atoms with Gasteiger partial charge in [-0.25, -0.2) is 8.42 Å². The Morgan fingerprint density at radius 2 is 1.77 bits per heavy atom. The molecule has 1 aromatic carbocycles. The van der Waals surface area contributed by atoms with Gasteiger partial charge in [-0.05, 0) is 69.7 Å². The fourth-order valence-corrected chi connectivity index (χ4v) is 6.35. The van der Waals surface area contributed by atoms with Gasteiger partial charge in [-0.3, -0.25) is 4.79 Å². The third kappa shape index (κ3) is 4.38. The number of nitrogens with one attached hydrogen (secondary N) is 1. The van der Waals surface area contributed by atoms with E-state index in [1.165, 1.54) is 28.9 Å². The number of hydrogen-bond acceptors (Lipinski definition) is 6. The van der Waals surface area contributed by atoms with Gasteiger partial charge in [0.1, 0.15) is 5.82 Å².